The minimum atomic E-state index is -0.290. The summed E-state index contributed by atoms with van der Waals surface area (Å²) >= 11 is 0. The Hall–Kier alpha value is -1.58. The molecule has 0 radical (unpaired) electrons. The quantitative estimate of drug-likeness (QED) is 0.711. The van der Waals surface area contributed by atoms with E-state index in [9.17, 15) is 4.79 Å². The van der Waals surface area contributed by atoms with E-state index in [1.807, 2.05) is 12.1 Å². The Labute approximate surface area is 77.2 Å². The number of hydrogen-bond donors (Lipinski definition) is 2. The van der Waals surface area contributed by atoms with Gasteiger partial charge in [0.2, 0.25) is 5.91 Å². The number of primary amides is 1. The Morgan fingerprint density at radius 2 is 2.23 bits per heavy atom. The number of nitrogens with zero attached hydrogens (tertiary/aromatic N) is 1. The first-order valence-corrected chi connectivity index (χ1v) is 4.13. The third-order valence-corrected chi connectivity index (χ3v) is 1.78. The van der Waals surface area contributed by atoms with Crippen LogP contribution in [0.1, 0.15) is 6.92 Å². The molecule has 0 saturated carbocycles. The minimum absolute atomic E-state index is 0.159. The lowest BCUT2D eigenvalue weighted by Crippen LogP contribution is -2.26. The molecule has 70 valence electrons. The van der Waals surface area contributed by atoms with Gasteiger partial charge in [0, 0.05) is 24.6 Å². The molecule has 1 amide bonds. The Morgan fingerprint density at radius 1 is 1.62 bits per heavy atom. The fourth-order valence-electron chi connectivity index (χ4n) is 0.841. The van der Waals surface area contributed by atoms with Gasteiger partial charge in [-0.1, -0.05) is 6.92 Å². The van der Waals surface area contributed by atoms with E-state index < -0.39 is 0 Å². The standard InChI is InChI=1S/C9H13N3O/c1-7(9(10)13)6-12-8-2-4-11-5-3-8/h2-5,7H,6H2,1H3,(H2,10,13)(H,11,12). The molecular weight excluding hydrogens is 166 g/mol. The Bertz CT molecular complexity index is 273. The maximum Gasteiger partial charge on any atom is 0.222 e. The summed E-state index contributed by atoms with van der Waals surface area (Å²) in [5.74, 6) is -0.449. The monoisotopic (exact) mass is 179 g/mol. The van der Waals surface area contributed by atoms with Gasteiger partial charge in [-0.15, -0.1) is 0 Å². The number of carbonyl (C=O) groups is 1. The minimum Gasteiger partial charge on any atom is -0.384 e. The zero-order chi connectivity index (χ0) is 9.68. The third kappa shape index (κ3) is 3.11. The van der Waals surface area contributed by atoms with E-state index in [1.165, 1.54) is 0 Å². The van der Waals surface area contributed by atoms with E-state index in [2.05, 4.69) is 10.3 Å². The average molecular weight is 179 g/mol. The topological polar surface area (TPSA) is 68.0 Å². The lowest BCUT2D eigenvalue weighted by molar-refractivity contribution is -0.120. The normalized spacial score (nSPS) is 12.1. The highest BCUT2D eigenvalue weighted by molar-refractivity contribution is 5.76. The van der Waals surface area contributed by atoms with E-state index in [0.717, 1.165) is 5.69 Å². The molecule has 1 unspecified atom stereocenters. The summed E-state index contributed by atoms with van der Waals surface area (Å²) < 4.78 is 0. The van der Waals surface area contributed by atoms with E-state index in [-0.39, 0.29) is 11.8 Å². The van der Waals surface area contributed by atoms with Crippen molar-refractivity contribution in [2.75, 3.05) is 11.9 Å². The molecule has 1 aromatic heterocycles. The summed E-state index contributed by atoms with van der Waals surface area (Å²) in [6, 6.07) is 3.68. The van der Waals surface area contributed by atoms with Crippen LogP contribution in [0.3, 0.4) is 0 Å². The fourth-order valence-corrected chi connectivity index (χ4v) is 0.841. The lowest BCUT2D eigenvalue weighted by atomic mass is 10.2. The van der Waals surface area contributed by atoms with Crippen LogP contribution in [0.15, 0.2) is 24.5 Å². The molecule has 0 aliphatic heterocycles. The summed E-state index contributed by atoms with van der Waals surface area (Å²) in [6.45, 7) is 2.34. The Morgan fingerprint density at radius 3 is 2.77 bits per heavy atom. The highest BCUT2D eigenvalue weighted by atomic mass is 16.1. The lowest BCUT2D eigenvalue weighted by Gasteiger charge is -2.09. The summed E-state index contributed by atoms with van der Waals surface area (Å²) in [6.07, 6.45) is 3.38. The third-order valence-electron chi connectivity index (χ3n) is 1.78. The SMILES string of the molecule is CC(CNc1ccncc1)C(N)=O. The van der Waals surface area contributed by atoms with Gasteiger partial charge in [-0.2, -0.15) is 0 Å². The Kier molecular flexibility index (Phi) is 3.25. The molecule has 4 nitrogen and oxygen atoms in total. The van der Waals surface area contributed by atoms with Gasteiger partial charge in [0.05, 0.1) is 5.92 Å². The number of rotatable bonds is 4. The molecule has 0 bridgehead atoms. The molecule has 1 atom stereocenters. The van der Waals surface area contributed by atoms with Crippen molar-refractivity contribution in [3.05, 3.63) is 24.5 Å². The van der Waals surface area contributed by atoms with Crippen molar-refractivity contribution >= 4 is 11.6 Å². The van der Waals surface area contributed by atoms with Gasteiger partial charge in [0.1, 0.15) is 0 Å². The molecule has 1 rings (SSSR count). The first-order chi connectivity index (χ1) is 6.20. The fraction of sp³-hybridized carbons (Fsp3) is 0.333. The molecule has 0 fully saturated rings. The molecule has 0 spiro atoms. The number of aromatic nitrogens is 1. The molecule has 1 aromatic rings. The number of pyridine rings is 1. The number of amides is 1. The zero-order valence-electron chi connectivity index (χ0n) is 7.53. The number of hydrogen-bond acceptors (Lipinski definition) is 3. The van der Waals surface area contributed by atoms with E-state index in [1.54, 1.807) is 19.3 Å². The second kappa shape index (κ2) is 4.45. The molecule has 3 N–H and O–H groups in total. The number of anilines is 1. The van der Waals surface area contributed by atoms with Crippen molar-refractivity contribution < 1.29 is 4.79 Å². The maximum absolute atomic E-state index is 10.7. The van der Waals surface area contributed by atoms with Crippen LogP contribution >= 0.6 is 0 Å². The van der Waals surface area contributed by atoms with Crippen LogP contribution in [-0.4, -0.2) is 17.4 Å². The van der Waals surface area contributed by atoms with Crippen LogP contribution in [0.4, 0.5) is 5.69 Å². The van der Waals surface area contributed by atoms with Crippen LogP contribution in [0.25, 0.3) is 0 Å². The second-order valence-corrected chi connectivity index (χ2v) is 2.92. The molecule has 13 heavy (non-hydrogen) atoms. The summed E-state index contributed by atoms with van der Waals surface area (Å²) in [5.41, 5.74) is 6.06. The van der Waals surface area contributed by atoms with E-state index in [4.69, 9.17) is 5.73 Å². The molecule has 4 heteroatoms. The highest BCUT2D eigenvalue weighted by Gasteiger charge is 2.06. The molecule has 0 aromatic carbocycles. The molecule has 1 heterocycles. The van der Waals surface area contributed by atoms with Gasteiger partial charge in [-0.25, -0.2) is 0 Å². The number of carbonyl (C=O) groups excluding carboxylic acids is 1. The van der Waals surface area contributed by atoms with E-state index >= 15 is 0 Å². The van der Waals surface area contributed by atoms with Crippen LogP contribution in [0.5, 0.6) is 0 Å². The molecular formula is C9H13N3O. The van der Waals surface area contributed by atoms with Crippen molar-refractivity contribution in [3.63, 3.8) is 0 Å². The van der Waals surface area contributed by atoms with Crippen LogP contribution in [0, 0.1) is 5.92 Å². The largest absolute Gasteiger partial charge is 0.384 e. The van der Waals surface area contributed by atoms with Crippen LogP contribution < -0.4 is 11.1 Å². The zero-order valence-corrected chi connectivity index (χ0v) is 7.53. The predicted molar refractivity (Wildman–Crippen MR) is 51.1 cm³/mol. The number of nitrogens with two attached hydrogens (primary N) is 1. The van der Waals surface area contributed by atoms with Gasteiger partial charge in [-0.3, -0.25) is 9.78 Å². The number of nitrogens with one attached hydrogen (secondary N) is 1. The summed E-state index contributed by atoms with van der Waals surface area (Å²) in [4.78, 5) is 14.6. The van der Waals surface area contributed by atoms with Gasteiger partial charge in [-0.05, 0) is 12.1 Å². The highest BCUT2D eigenvalue weighted by Crippen LogP contribution is 2.04. The average Bonchev–Trinajstić information content (AvgIpc) is 2.15. The summed E-state index contributed by atoms with van der Waals surface area (Å²) in [5, 5.41) is 3.08. The first kappa shape index (κ1) is 9.51. The maximum atomic E-state index is 10.7. The van der Waals surface area contributed by atoms with Gasteiger partial charge in [0.25, 0.3) is 0 Å². The van der Waals surface area contributed by atoms with Crippen LogP contribution in [0.2, 0.25) is 0 Å². The summed E-state index contributed by atoms with van der Waals surface area (Å²) in [7, 11) is 0. The van der Waals surface area contributed by atoms with Crippen molar-refractivity contribution in [2.45, 2.75) is 6.92 Å². The van der Waals surface area contributed by atoms with Crippen molar-refractivity contribution in [3.8, 4) is 0 Å². The predicted octanol–water partition coefficient (Wildman–Crippen LogP) is 0.615. The van der Waals surface area contributed by atoms with Crippen LogP contribution in [-0.2, 0) is 4.79 Å². The van der Waals surface area contributed by atoms with Crippen molar-refractivity contribution in [1.29, 1.82) is 0 Å². The molecule has 0 saturated heterocycles. The second-order valence-electron chi connectivity index (χ2n) is 2.92. The van der Waals surface area contributed by atoms with Gasteiger partial charge < -0.3 is 11.1 Å². The molecule has 0 aliphatic rings. The smallest absolute Gasteiger partial charge is 0.222 e. The first-order valence-electron chi connectivity index (χ1n) is 4.13. The van der Waals surface area contributed by atoms with Gasteiger partial charge in [0.15, 0.2) is 0 Å². The van der Waals surface area contributed by atoms with Crippen molar-refractivity contribution in [2.24, 2.45) is 11.7 Å². The van der Waals surface area contributed by atoms with Gasteiger partial charge >= 0.3 is 0 Å². The van der Waals surface area contributed by atoms with Crippen molar-refractivity contribution in [1.82, 2.24) is 4.98 Å². The van der Waals surface area contributed by atoms with E-state index in [0.29, 0.717) is 6.54 Å². The Balaban J connectivity index is 2.39. The molecule has 0 aliphatic carbocycles.